The molecule has 0 amide bonds. The summed E-state index contributed by atoms with van der Waals surface area (Å²) in [4.78, 5) is 13.9. The third kappa shape index (κ3) is 2.71. The molecule has 3 nitrogen and oxygen atoms in total. The van der Waals surface area contributed by atoms with Crippen LogP contribution in [0.3, 0.4) is 0 Å². The second-order valence-corrected chi connectivity index (χ2v) is 4.76. The summed E-state index contributed by atoms with van der Waals surface area (Å²) in [6.45, 7) is 6.20. The molecule has 0 aliphatic carbocycles. The predicted octanol–water partition coefficient (Wildman–Crippen LogP) is 1.77. The van der Waals surface area contributed by atoms with E-state index in [4.69, 9.17) is 4.74 Å². The van der Waals surface area contributed by atoms with Gasteiger partial charge < -0.3 is 4.74 Å². The van der Waals surface area contributed by atoms with E-state index >= 15 is 0 Å². The topological polar surface area (TPSA) is 29.5 Å². The van der Waals surface area contributed by atoms with Gasteiger partial charge in [0.15, 0.2) is 0 Å². The maximum absolute atomic E-state index is 11.4. The van der Waals surface area contributed by atoms with Crippen molar-refractivity contribution in [1.82, 2.24) is 4.90 Å². The lowest BCUT2D eigenvalue weighted by atomic mass is 10.0. The quantitative estimate of drug-likeness (QED) is 0.508. The average molecular weight is 223 g/mol. The van der Waals surface area contributed by atoms with Crippen LogP contribution in [0.1, 0.15) is 32.1 Å². The number of piperidine rings is 1. The Labute approximate surface area is 97.5 Å². The van der Waals surface area contributed by atoms with Gasteiger partial charge in [0.1, 0.15) is 5.78 Å². The number of carbonyl (C=O) groups excluding carboxylic acids is 1. The summed E-state index contributed by atoms with van der Waals surface area (Å²) in [6.07, 6.45) is 6.73. The minimum atomic E-state index is 0.455. The summed E-state index contributed by atoms with van der Waals surface area (Å²) in [6, 6.07) is 1.02. The van der Waals surface area contributed by atoms with Crippen molar-refractivity contribution in [3.8, 4) is 0 Å². The Morgan fingerprint density at radius 1 is 1.31 bits per heavy atom. The molecule has 0 N–H and O–H groups in total. The van der Waals surface area contributed by atoms with Crippen molar-refractivity contribution in [2.24, 2.45) is 0 Å². The van der Waals surface area contributed by atoms with Crippen LogP contribution >= 0.6 is 0 Å². The van der Waals surface area contributed by atoms with E-state index in [2.05, 4.69) is 11.5 Å². The Balaban J connectivity index is 1.70. The largest absolute Gasteiger partial charge is 0.380 e. The molecule has 0 saturated carbocycles. The Kier molecular flexibility index (Phi) is 4.13. The number of carbonyl (C=O) groups is 1. The predicted molar refractivity (Wildman–Crippen MR) is 63.4 cm³/mol. The number of rotatable bonds is 6. The summed E-state index contributed by atoms with van der Waals surface area (Å²) in [5, 5.41) is 0. The molecule has 0 radical (unpaired) electrons. The molecule has 0 aromatic heterocycles. The fraction of sp³-hybridized carbons (Fsp3) is 0.769. The average Bonchev–Trinajstić information content (AvgIpc) is 2.51. The molecule has 2 unspecified atom stereocenters. The third-order valence-corrected chi connectivity index (χ3v) is 3.66. The van der Waals surface area contributed by atoms with Gasteiger partial charge in [0.05, 0.1) is 13.2 Å². The standard InChI is InChI=1S/C13H21NO2/c1-2-3-7-16-8-6-14-11-4-5-12(14)10-13(15)9-11/h2,11-12H,1,3-10H2. The summed E-state index contributed by atoms with van der Waals surface area (Å²) < 4.78 is 5.53. The summed E-state index contributed by atoms with van der Waals surface area (Å²) in [7, 11) is 0. The van der Waals surface area contributed by atoms with Crippen LogP contribution in [0.4, 0.5) is 0 Å². The van der Waals surface area contributed by atoms with Crippen molar-refractivity contribution in [2.45, 2.75) is 44.2 Å². The number of ether oxygens (including phenoxy) is 1. The first kappa shape index (κ1) is 11.8. The minimum absolute atomic E-state index is 0.455. The van der Waals surface area contributed by atoms with E-state index in [0.29, 0.717) is 17.9 Å². The van der Waals surface area contributed by atoms with E-state index in [1.165, 1.54) is 12.8 Å². The van der Waals surface area contributed by atoms with Crippen LogP contribution in [0.2, 0.25) is 0 Å². The van der Waals surface area contributed by atoms with Gasteiger partial charge in [-0.15, -0.1) is 6.58 Å². The third-order valence-electron chi connectivity index (χ3n) is 3.66. The number of ketones is 1. The van der Waals surface area contributed by atoms with Gasteiger partial charge in [-0.2, -0.15) is 0 Å². The highest BCUT2D eigenvalue weighted by Gasteiger charge is 2.39. The Bertz CT molecular complexity index is 249. The van der Waals surface area contributed by atoms with E-state index in [-0.39, 0.29) is 0 Å². The molecule has 2 rings (SSSR count). The van der Waals surface area contributed by atoms with Crippen LogP contribution in [-0.2, 0) is 9.53 Å². The van der Waals surface area contributed by atoms with E-state index in [1.807, 2.05) is 6.08 Å². The fourth-order valence-electron chi connectivity index (χ4n) is 2.87. The van der Waals surface area contributed by atoms with E-state index in [9.17, 15) is 4.79 Å². The zero-order valence-corrected chi connectivity index (χ0v) is 9.86. The fourth-order valence-corrected chi connectivity index (χ4v) is 2.87. The van der Waals surface area contributed by atoms with Crippen LogP contribution in [0.25, 0.3) is 0 Å². The maximum atomic E-state index is 11.4. The first-order valence-corrected chi connectivity index (χ1v) is 6.27. The van der Waals surface area contributed by atoms with Gasteiger partial charge in [-0.05, 0) is 19.3 Å². The van der Waals surface area contributed by atoms with Gasteiger partial charge in [-0.1, -0.05) is 6.08 Å². The van der Waals surface area contributed by atoms with Crippen LogP contribution in [-0.4, -0.2) is 42.5 Å². The molecular weight excluding hydrogens is 202 g/mol. The second kappa shape index (κ2) is 5.60. The molecule has 2 aliphatic heterocycles. The van der Waals surface area contributed by atoms with Crippen molar-refractivity contribution >= 4 is 5.78 Å². The van der Waals surface area contributed by atoms with Gasteiger partial charge in [0, 0.05) is 31.5 Å². The maximum Gasteiger partial charge on any atom is 0.136 e. The van der Waals surface area contributed by atoms with Gasteiger partial charge in [0.25, 0.3) is 0 Å². The lowest BCUT2D eigenvalue weighted by molar-refractivity contribution is -0.123. The van der Waals surface area contributed by atoms with Gasteiger partial charge in [-0.25, -0.2) is 0 Å². The number of Topliss-reactive ketones (excluding diaryl/α,β-unsaturated/α-hetero) is 1. The zero-order valence-electron chi connectivity index (χ0n) is 9.86. The molecular formula is C13H21NO2. The lowest BCUT2D eigenvalue weighted by Crippen LogP contribution is -2.44. The summed E-state index contributed by atoms with van der Waals surface area (Å²) >= 11 is 0. The summed E-state index contributed by atoms with van der Waals surface area (Å²) in [5.41, 5.74) is 0. The molecule has 0 aromatic rings. The Morgan fingerprint density at radius 3 is 2.62 bits per heavy atom. The molecule has 3 heteroatoms. The molecule has 2 saturated heterocycles. The van der Waals surface area contributed by atoms with Crippen LogP contribution < -0.4 is 0 Å². The van der Waals surface area contributed by atoms with Crippen molar-refractivity contribution in [1.29, 1.82) is 0 Å². The molecule has 2 aliphatic rings. The van der Waals surface area contributed by atoms with Crippen molar-refractivity contribution < 1.29 is 9.53 Å². The first-order chi connectivity index (χ1) is 7.81. The molecule has 2 heterocycles. The normalized spacial score (nSPS) is 29.6. The van der Waals surface area contributed by atoms with E-state index < -0.39 is 0 Å². The Morgan fingerprint density at radius 2 is 2.00 bits per heavy atom. The van der Waals surface area contributed by atoms with Crippen molar-refractivity contribution in [2.75, 3.05) is 19.8 Å². The van der Waals surface area contributed by atoms with E-state index in [0.717, 1.165) is 39.0 Å². The first-order valence-electron chi connectivity index (χ1n) is 6.27. The van der Waals surface area contributed by atoms with Crippen molar-refractivity contribution in [3.05, 3.63) is 12.7 Å². The van der Waals surface area contributed by atoms with Gasteiger partial charge in [-0.3, -0.25) is 9.69 Å². The molecule has 0 spiro atoms. The Hall–Kier alpha value is -0.670. The van der Waals surface area contributed by atoms with Crippen LogP contribution in [0.15, 0.2) is 12.7 Å². The van der Waals surface area contributed by atoms with Crippen LogP contribution in [0.5, 0.6) is 0 Å². The van der Waals surface area contributed by atoms with Crippen molar-refractivity contribution in [3.63, 3.8) is 0 Å². The SMILES string of the molecule is C=CCCOCCN1C2CCC1CC(=O)C2. The molecule has 16 heavy (non-hydrogen) atoms. The highest BCUT2D eigenvalue weighted by Crippen LogP contribution is 2.33. The minimum Gasteiger partial charge on any atom is -0.380 e. The molecule has 2 fully saturated rings. The molecule has 0 aromatic carbocycles. The molecule has 90 valence electrons. The highest BCUT2D eigenvalue weighted by molar-refractivity contribution is 5.80. The number of hydrogen-bond acceptors (Lipinski definition) is 3. The number of fused-ring (bicyclic) bond motifs is 2. The number of nitrogens with zero attached hydrogens (tertiary/aromatic N) is 1. The summed E-state index contributed by atoms with van der Waals surface area (Å²) in [5.74, 6) is 0.455. The lowest BCUT2D eigenvalue weighted by Gasteiger charge is -2.33. The molecule has 2 atom stereocenters. The smallest absolute Gasteiger partial charge is 0.136 e. The van der Waals surface area contributed by atoms with Crippen LogP contribution in [0, 0.1) is 0 Å². The van der Waals surface area contributed by atoms with E-state index in [1.54, 1.807) is 0 Å². The number of hydrogen-bond donors (Lipinski definition) is 0. The van der Waals surface area contributed by atoms with Gasteiger partial charge >= 0.3 is 0 Å². The highest BCUT2D eigenvalue weighted by atomic mass is 16.5. The second-order valence-electron chi connectivity index (χ2n) is 4.76. The van der Waals surface area contributed by atoms with Gasteiger partial charge in [0.2, 0.25) is 0 Å². The monoisotopic (exact) mass is 223 g/mol. The zero-order chi connectivity index (χ0) is 11.4. The molecule has 2 bridgehead atoms.